The summed E-state index contributed by atoms with van der Waals surface area (Å²) in [5.41, 5.74) is 0.826. The number of hydrogen-bond donors (Lipinski definition) is 2. The molecule has 1 aromatic carbocycles. The monoisotopic (exact) mass is 236 g/mol. The van der Waals surface area contributed by atoms with Gasteiger partial charge in [-0.2, -0.15) is 0 Å². The van der Waals surface area contributed by atoms with Gasteiger partial charge in [0, 0.05) is 18.2 Å². The highest BCUT2D eigenvalue weighted by Gasteiger charge is 2.09. The van der Waals surface area contributed by atoms with Gasteiger partial charge in [0.05, 0.1) is 6.54 Å². The quantitative estimate of drug-likeness (QED) is 0.811. The summed E-state index contributed by atoms with van der Waals surface area (Å²) in [7, 11) is 1.85. The zero-order valence-electron chi connectivity index (χ0n) is 10.6. The second-order valence-corrected chi connectivity index (χ2v) is 4.52. The summed E-state index contributed by atoms with van der Waals surface area (Å²) in [6, 6.07) is 7.31. The molecule has 0 saturated heterocycles. The van der Waals surface area contributed by atoms with Gasteiger partial charge in [-0.15, -0.1) is 0 Å². The molecule has 1 amide bonds. The number of aromatic hydroxyl groups is 1. The third-order valence-corrected chi connectivity index (χ3v) is 2.30. The number of rotatable bonds is 5. The number of nitrogens with zero attached hydrogens (tertiary/aromatic N) is 1. The molecule has 1 rings (SSSR count). The highest BCUT2D eigenvalue weighted by molar-refractivity contribution is 5.78. The lowest BCUT2D eigenvalue weighted by molar-refractivity contribution is -0.122. The molecule has 0 aliphatic carbocycles. The first-order valence-corrected chi connectivity index (χ1v) is 5.74. The average Bonchev–Trinajstić information content (AvgIpc) is 2.19. The molecule has 0 spiro atoms. The molecular formula is C13H20N2O2. The molecule has 0 radical (unpaired) electrons. The number of nitrogens with one attached hydrogen (secondary N) is 1. The van der Waals surface area contributed by atoms with E-state index in [1.165, 1.54) is 0 Å². The number of amides is 1. The zero-order chi connectivity index (χ0) is 12.8. The summed E-state index contributed by atoms with van der Waals surface area (Å²) in [5, 5.41) is 12.4. The molecule has 0 aliphatic rings. The van der Waals surface area contributed by atoms with Crippen LogP contribution in [0.25, 0.3) is 0 Å². The predicted molar refractivity (Wildman–Crippen MR) is 67.7 cm³/mol. The summed E-state index contributed by atoms with van der Waals surface area (Å²) in [5.74, 6) is 0.265. The molecule has 0 unspecified atom stereocenters. The molecule has 1 aromatic rings. The van der Waals surface area contributed by atoms with Crippen molar-refractivity contribution in [3.05, 3.63) is 29.8 Å². The van der Waals surface area contributed by atoms with Gasteiger partial charge in [-0.05, 0) is 27.0 Å². The first kappa shape index (κ1) is 13.5. The van der Waals surface area contributed by atoms with Gasteiger partial charge in [-0.25, -0.2) is 0 Å². The van der Waals surface area contributed by atoms with E-state index in [9.17, 15) is 9.90 Å². The molecule has 2 N–H and O–H groups in total. The number of phenolic OH excluding ortho intramolecular Hbond substituents is 1. The minimum atomic E-state index is -0.00193. The van der Waals surface area contributed by atoms with Crippen LogP contribution in [0.5, 0.6) is 5.75 Å². The van der Waals surface area contributed by atoms with Crippen molar-refractivity contribution in [1.29, 1.82) is 0 Å². The maximum absolute atomic E-state index is 11.5. The molecule has 4 nitrogen and oxygen atoms in total. The third kappa shape index (κ3) is 4.87. The number of carbonyl (C=O) groups excluding carboxylic acids is 1. The van der Waals surface area contributed by atoms with E-state index in [0.717, 1.165) is 5.56 Å². The number of para-hydroxylation sites is 1. The average molecular weight is 236 g/mol. The Balaban J connectivity index is 2.47. The Labute approximate surface area is 102 Å². The molecule has 0 heterocycles. The Hall–Kier alpha value is -1.55. The summed E-state index contributed by atoms with van der Waals surface area (Å²) in [6.45, 7) is 4.74. The largest absolute Gasteiger partial charge is 0.508 e. The van der Waals surface area contributed by atoms with E-state index >= 15 is 0 Å². The Morgan fingerprint density at radius 3 is 2.65 bits per heavy atom. The molecule has 0 aliphatic heterocycles. The molecule has 0 aromatic heterocycles. The van der Waals surface area contributed by atoms with Crippen LogP contribution in [-0.2, 0) is 11.3 Å². The van der Waals surface area contributed by atoms with E-state index in [0.29, 0.717) is 13.1 Å². The van der Waals surface area contributed by atoms with Crippen LogP contribution >= 0.6 is 0 Å². The number of likely N-dealkylation sites (N-methyl/N-ethyl adjacent to an activating group) is 1. The van der Waals surface area contributed by atoms with E-state index in [4.69, 9.17) is 0 Å². The lowest BCUT2D eigenvalue weighted by Crippen LogP contribution is -2.38. The van der Waals surface area contributed by atoms with Gasteiger partial charge in [0.15, 0.2) is 0 Å². The van der Waals surface area contributed by atoms with E-state index in [1.54, 1.807) is 12.1 Å². The van der Waals surface area contributed by atoms with Crippen molar-refractivity contribution in [2.75, 3.05) is 13.6 Å². The molecule has 17 heavy (non-hydrogen) atoms. The number of carbonyl (C=O) groups is 1. The fourth-order valence-corrected chi connectivity index (χ4v) is 1.60. The minimum Gasteiger partial charge on any atom is -0.508 e. The normalized spacial score (nSPS) is 10.9. The van der Waals surface area contributed by atoms with Crippen LogP contribution in [0.2, 0.25) is 0 Å². The number of phenols is 1. The first-order valence-electron chi connectivity index (χ1n) is 5.74. The Morgan fingerprint density at radius 1 is 1.41 bits per heavy atom. The predicted octanol–water partition coefficient (Wildman–Crippen LogP) is 1.35. The van der Waals surface area contributed by atoms with Gasteiger partial charge in [0.1, 0.15) is 5.75 Å². The van der Waals surface area contributed by atoms with Crippen LogP contribution in [0, 0.1) is 0 Å². The summed E-state index contributed by atoms with van der Waals surface area (Å²) in [4.78, 5) is 13.4. The standard InChI is InChI=1S/C13H20N2O2/c1-10(2)14-13(17)9-15(3)8-11-6-4-5-7-12(11)16/h4-7,10,16H,8-9H2,1-3H3,(H,14,17). The fraction of sp³-hybridized carbons (Fsp3) is 0.462. The molecule has 94 valence electrons. The Bertz CT molecular complexity index is 377. The van der Waals surface area contributed by atoms with Gasteiger partial charge < -0.3 is 10.4 Å². The van der Waals surface area contributed by atoms with Crippen molar-refractivity contribution in [1.82, 2.24) is 10.2 Å². The van der Waals surface area contributed by atoms with Crippen molar-refractivity contribution < 1.29 is 9.90 Å². The molecule has 0 atom stereocenters. The van der Waals surface area contributed by atoms with Crippen LogP contribution in [0.4, 0.5) is 0 Å². The van der Waals surface area contributed by atoms with Crippen LogP contribution in [0.15, 0.2) is 24.3 Å². The second kappa shape index (κ2) is 6.25. The van der Waals surface area contributed by atoms with Gasteiger partial charge in [0.2, 0.25) is 5.91 Å². The SMILES string of the molecule is CC(C)NC(=O)CN(C)Cc1ccccc1O. The fourth-order valence-electron chi connectivity index (χ4n) is 1.60. The van der Waals surface area contributed by atoms with Crippen molar-refractivity contribution >= 4 is 5.91 Å². The first-order chi connectivity index (χ1) is 7.99. The molecule has 0 bridgehead atoms. The number of benzene rings is 1. The summed E-state index contributed by atoms with van der Waals surface area (Å²) in [6.07, 6.45) is 0. The highest BCUT2D eigenvalue weighted by atomic mass is 16.3. The van der Waals surface area contributed by atoms with Crippen LogP contribution < -0.4 is 5.32 Å². The van der Waals surface area contributed by atoms with E-state index in [-0.39, 0.29) is 17.7 Å². The molecule has 0 saturated carbocycles. The van der Waals surface area contributed by atoms with Gasteiger partial charge in [-0.3, -0.25) is 9.69 Å². The summed E-state index contributed by atoms with van der Waals surface area (Å²) < 4.78 is 0. The third-order valence-electron chi connectivity index (χ3n) is 2.30. The van der Waals surface area contributed by atoms with Crippen molar-refractivity contribution in [3.63, 3.8) is 0 Å². The maximum Gasteiger partial charge on any atom is 0.234 e. The van der Waals surface area contributed by atoms with Crippen LogP contribution in [-0.4, -0.2) is 35.5 Å². The topological polar surface area (TPSA) is 52.6 Å². The zero-order valence-corrected chi connectivity index (χ0v) is 10.6. The minimum absolute atomic E-state index is 0.00193. The van der Waals surface area contributed by atoms with Gasteiger partial charge in [-0.1, -0.05) is 18.2 Å². The Morgan fingerprint density at radius 2 is 2.06 bits per heavy atom. The van der Waals surface area contributed by atoms with E-state index in [2.05, 4.69) is 5.32 Å². The van der Waals surface area contributed by atoms with Crippen LogP contribution in [0.1, 0.15) is 19.4 Å². The lowest BCUT2D eigenvalue weighted by Gasteiger charge is -2.18. The van der Waals surface area contributed by atoms with Gasteiger partial charge >= 0.3 is 0 Å². The van der Waals surface area contributed by atoms with Crippen molar-refractivity contribution in [2.24, 2.45) is 0 Å². The Kier molecular flexibility index (Phi) is 4.97. The number of hydrogen-bond acceptors (Lipinski definition) is 3. The van der Waals surface area contributed by atoms with E-state index in [1.807, 2.05) is 37.9 Å². The van der Waals surface area contributed by atoms with Gasteiger partial charge in [0.25, 0.3) is 0 Å². The maximum atomic E-state index is 11.5. The second-order valence-electron chi connectivity index (χ2n) is 4.52. The smallest absolute Gasteiger partial charge is 0.234 e. The van der Waals surface area contributed by atoms with Crippen LogP contribution in [0.3, 0.4) is 0 Å². The van der Waals surface area contributed by atoms with Crippen molar-refractivity contribution in [2.45, 2.75) is 26.4 Å². The van der Waals surface area contributed by atoms with E-state index < -0.39 is 0 Å². The molecule has 4 heteroatoms. The summed E-state index contributed by atoms with van der Waals surface area (Å²) >= 11 is 0. The molecular weight excluding hydrogens is 216 g/mol. The lowest BCUT2D eigenvalue weighted by atomic mass is 10.2. The molecule has 0 fully saturated rings. The highest BCUT2D eigenvalue weighted by Crippen LogP contribution is 2.16. The van der Waals surface area contributed by atoms with Crippen molar-refractivity contribution in [3.8, 4) is 5.75 Å².